The van der Waals surface area contributed by atoms with Crippen LogP contribution in [0.15, 0.2) is 18.3 Å². The van der Waals surface area contributed by atoms with Crippen molar-refractivity contribution in [2.75, 3.05) is 19.5 Å². The van der Waals surface area contributed by atoms with Crippen molar-refractivity contribution in [1.82, 2.24) is 9.78 Å². The van der Waals surface area contributed by atoms with Gasteiger partial charge in [0.15, 0.2) is 11.5 Å². The summed E-state index contributed by atoms with van der Waals surface area (Å²) in [5.74, 6) is 0.806. The van der Waals surface area contributed by atoms with Gasteiger partial charge in [-0.15, -0.1) is 0 Å². The predicted octanol–water partition coefficient (Wildman–Crippen LogP) is 2.32. The maximum absolute atomic E-state index is 9.90. The second-order valence-corrected chi connectivity index (χ2v) is 4.72. The third kappa shape index (κ3) is 3.21. The molecule has 0 atom stereocenters. The maximum atomic E-state index is 9.90. The van der Waals surface area contributed by atoms with Gasteiger partial charge >= 0.3 is 0 Å². The van der Waals surface area contributed by atoms with E-state index < -0.39 is 0 Å². The van der Waals surface area contributed by atoms with Gasteiger partial charge in [0, 0.05) is 19.8 Å². The van der Waals surface area contributed by atoms with E-state index in [0.29, 0.717) is 18.0 Å². The molecule has 0 saturated heterocycles. The number of methoxy groups -OCH3 is 2. The Labute approximate surface area is 124 Å². The van der Waals surface area contributed by atoms with Crippen LogP contribution in [-0.4, -0.2) is 29.1 Å². The fraction of sp³-hybridized carbons (Fsp3) is 0.400. The molecule has 0 bridgehead atoms. The molecule has 0 radical (unpaired) electrons. The van der Waals surface area contributed by atoms with E-state index in [0.717, 1.165) is 23.4 Å². The van der Waals surface area contributed by atoms with Crippen molar-refractivity contribution in [1.29, 1.82) is 0 Å². The molecule has 1 heterocycles. The predicted molar refractivity (Wildman–Crippen MR) is 81.1 cm³/mol. The lowest BCUT2D eigenvalue weighted by Crippen LogP contribution is -2.02. The summed E-state index contributed by atoms with van der Waals surface area (Å²) in [7, 11) is 4.93. The van der Waals surface area contributed by atoms with Crippen LogP contribution in [0, 0.1) is 0 Å². The summed E-state index contributed by atoms with van der Waals surface area (Å²) < 4.78 is 12.1. The monoisotopic (exact) mass is 291 g/mol. The second kappa shape index (κ2) is 6.39. The molecule has 114 valence electrons. The number of aryl methyl sites for hydroxylation is 2. The summed E-state index contributed by atoms with van der Waals surface area (Å²) in [5.41, 5.74) is 2.98. The Hall–Kier alpha value is -2.37. The number of aromatic hydroxyl groups is 1. The van der Waals surface area contributed by atoms with Crippen LogP contribution in [0.1, 0.15) is 18.2 Å². The second-order valence-electron chi connectivity index (χ2n) is 4.72. The number of rotatable bonds is 6. The number of nitrogens with one attached hydrogen (secondary N) is 1. The first-order valence-electron chi connectivity index (χ1n) is 6.79. The minimum absolute atomic E-state index is 0.0133. The molecule has 2 rings (SSSR count). The Balaban J connectivity index is 2.19. The van der Waals surface area contributed by atoms with E-state index in [-0.39, 0.29) is 5.75 Å². The van der Waals surface area contributed by atoms with Crippen molar-refractivity contribution in [3.8, 4) is 17.2 Å². The fourth-order valence-electron chi connectivity index (χ4n) is 2.19. The molecule has 6 heteroatoms. The van der Waals surface area contributed by atoms with Crippen LogP contribution in [0.2, 0.25) is 0 Å². The molecule has 21 heavy (non-hydrogen) atoms. The highest BCUT2D eigenvalue weighted by atomic mass is 16.5. The third-order valence-electron chi connectivity index (χ3n) is 3.26. The summed E-state index contributed by atoms with van der Waals surface area (Å²) in [6, 6.07) is 3.57. The van der Waals surface area contributed by atoms with Crippen molar-refractivity contribution in [3.63, 3.8) is 0 Å². The molecule has 0 aliphatic rings. The summed E-state index contributed by atoms with van der Waals surface area (Å²) >= 11 is 0. The lowest BCUT2D eigenvalue weighted by molar-refractivity contribution is 0.339. The Kier molecular flexibility index (Phi) is 4.57. The zero-order valence-electron chi connectivity index (χ0n) is 12.8. The number of hydrogen-bond acceptors (Lipinski definition) is 5. The molecule has 0 saturated carbocycles. The first-order chi connectivity index (χ1) is 10.1. The van der Waals surface area contributed by atoms with Crippen LogP contribution in [-0.2, 0) is 20.0 Å². The lowest BCUT2D eigenvalue weighted by atomic mass is 10.1. The van der Waals surface area contributed by atoms with Gasteiger partial charge in [0.05, 0.1) is 25.6 Å². The SMILES string of the molecule is CCc1nn(C)cc1NCc1cc(OC)c(O)c(OC)c1. The number of ether oxygens (including phenoxy) is 2. The van der Waals surface area contributed by atoms with Crippen molar-refractivity contribution in [2.24, 2.45) is 7.05 Å². The molecule has 6 nitrogen and oxygen atoms in total. The van der Waals surface area contributed by atoms with Gasteiger partial charge in [0.2, 0.25) is 5.75 Å². The van der Waals surface area contributed by atoms with Gasteiger partial charge in [0.1, 0.15) is 0 Å². The number of hydrogen-bond donors (Lipinski definition) is 2. The molecule has 0 unspecified atom stereocenters. The van der Waals surface area contributed by atoms with Crippen LogP contribution >= 0.6 is 0 Å². The Morgan fingerprint density at radius 3 is 2.38 bits per heavy atom. The molecule has 1 aromatic heterocycles. The van der Waals surface area contributed by atoms with Crippen LogP contribution < -0.4 is 14.8 Å². The average molecular weight is 291 g/mol. The zero-order valence-corrected chi connectivity index (χ0v) is 12.8. The maximum Gasteiger partial charge on any atom is 0.200 e. The molecular weight excluding hydrogens is 270 g/mol. The summed E-state index contributed by atoms with van der Waals surface area (Å²) in [5, 5.41) is 17.6. The van der Waals surface area contributed by atoms with Crippen molar-refractivity contribution in [2.45, 2.75) is 19.9 Å². The minimum Gasteiger partial charge on any atom is -0.502 e. The van der Waals surface area contributed by atoms with Gasteiger partial charge in [-0.05, 0) is 24.1 Å². The molecule has 2 N–H and O–H groups in total. The summed E-state index contributed by atoms with van der Waals surface area (Å²) in [6.07, 6.45) is 2.82. The van der Waals surface area contributed by atoms with E-state index in [1.165, 1.54) is 14.2 Å². The quantitative estimate of drug-likeness (QED) is 0.855. The van der Waals surface area contributed by atoms with Crippen molar-refractivity contribution < 1.29 is 14.6 Å². The molecule has 0 amide bonds. The van der Waals surface area contributed by atoms with Crippen molar-refractivity contribution in [3.05, 3.63) is 29.6 Å². The van der Waals surface area contributed by atoms with Gasteiger partial charge in [-0.1, -0.05) is 6.92 Å². The first-order valence-corrected chi connectivity index (χ1v) is 6.79. The van der Waals surface area contributed by atoms with E-state index in [4.69, 9.17) is 9.47 Å². The highest BCUT2D eigenvalue weighted by Gasteiger charge is 2.12. The van der Waals surface area contributed by atoms with E-state index in [1.807, 2.05) is 13.2 Å². The first kappa shape index (κ1) is 15.0. The van der Waals surface area contributed by atoms with Crippen LogP contribution in [0.4, 0.5) is 5.69 Å². The highest BCUT2D eigenvalue weighted by Crippen LogP contribution is 2.37. The van der Waals surface area contributed by atoms with Gasteiger partial charge < -0.3 is 19.9 Å². The molecule has 0 aliphatic heterocycles. The topological polar surface area (TPSA) is 68.5 Å². The van der Waals surface area contributed by atoms with Gasteiger partial charge in [-0.3, -0.25) is 4.68 Å². The van der Waals surface area contributed by atoms with Crippen LogP contribution in [0.5, 0.6) is 17.2 Å². The number of phenolic OH excluding ortho intramolecular Hbond substituents is 1. The fourth-order valence-corrected chi connectivity index (χ4v) is 2.19. The van der Waals surface area contributed by atoms with E-state index in [9.17, 15) is 5.11 Å². The van der Waals surface area contributed by atoms with Gasteiger partial charge in [-0.2, -0.15) is 5.10 Å². The average Bonchev–Trinajstić information content (AvgIpc) is 2.86. The lowest BCUT2D eigenvalue weighted by Gasteiger charge is -2.12. The van der Waals surface area contributed by atoms with Crippen molar-refractivity contribution >= 4 is 5.69 Å². The molecule has 0 fully saturated rings. The van der Waals surface area contributed by atoms with Crippen LogP contribution in [0.3, 0.4) is 0 Å². The normalized spacial score (nSPS) is 10.5. The highest BCUT2D eigenvalue weighted by molar-refractivity contribution is 5.54. The number of benzene rings is 1. The minimum atomic E-state index is 0.0133. The molecule has 0 aliphatic carbocycles. The van der Waals surface area contributed by atoms with E-state index >= 15 is 0 Å². The smallest absolute Gasteiger partial charge is 0.200 e. The number of anilines is 1. The molecule has 2 aromatic rings. The summed E-state index contributed by atoms with van der Waals surface area (Å²) in [6.45, 7) is 2.66. The van der Waals surface area contributed by atoms with Gasteiger partial charge in [0.25, 0.3) is 0 Å². The number of nitrogens with zero attached hydrogens (tertiary/aromatic N) is 2. The standard InChI is InChI=1S/C15H21N3O3/c1-5-11-12(9-18(2)17-11)16-8-10-6-13(20-3)15(19)14(7-10)21-4/h6-7,9,16,19H,5,8H2,1-4H3. The third-order valence-corrected chi connectivity index (χ3v) is 3.26. The Morgan fingerprint density at radius 1 is 1.24 bits per heavy atom. The summed E-state index contributed by atoms with van der Waals surface area (Å²) in [4.78, 5) is 0. The van der Waals surface area contributed by atoms with Gasteiger partial charge in [-0.25, -0.2) is 0 Å². The Morgan fingerprint density at radius 2 is 1.86 bits per heavy atom. The van der Waals surface area contributed by atoms with Crippen LogP contribution in [0.25, 0.3) is 0 Å². The van der Waals surface area contributed by atoms with E-state index in [2.05, 4.69) is 17.3 Å². The van der Waals surface area contributed by atoms with E-state index in [1.54, 1.807) is 16.8 Å². The zero-order chi connectivity index (χ0) is 15.4. The molecule has 0 spiro atoms. The largest absolute Gasteiger partial charge is 0.502 e. The number of aromatic nitrogens is 2. The molecule has 1 aromatic carbocycles. The Bertz CT molecular complexity index is 598. The molecular formula is C15H21N3O3. The number of phenols is 1.